The van der Waals surface area contributed by atoms with E-state index in [1.54, 1.807) is 0 Å². The van der Waals surface area contributed by atoms with Gasteiger partial charge in [0, 0.05) is 16.6 Å². The van der Waals surface area contributed by atoms with Crippen molar-refractivity contribution >= 4 is 27.5 Å². The number of carbonyl (C=O) groups excluding carboxylic acids is 1. The SMILES string of the molecule is C[C@H]1CC(=O)N[C@H]1c1cc(Br)ccc1N. The molecule has 1 heterocycles. The van der Waals surface area contributed by atoms with Crippen LogP contribution in [0.15, 0.2) is 22.7 Å². The van der Waals surface area contributed by atoms with Crippen molar-refractivity contribution in [3.8, 4) is 0 Å². The number of anilines is 1. The van der Waals surface area contributed by atoms with Gasteiger partial charge in [-0.05, 0) is 29.7 Å². The molecule has 80 valence electrons. The van der Waals surface area contributed by atoms with E-state index >= 15 is 0 Å². The van der Waals surface area contributed by atoms with Gasteiger partial charge in [-0.3, -0.25) is 4.79 Å². The van der Waals surface area contributed by atoms with Crippen LogP contribution in [-0.2, 0) is 4.79 Å². The second-order valence-electron chi connectivity index (χ2n) is 4.00. The Balaban J connectivity index is 2.36. The van der Waals surface area contributed by atoms with Crippen LogP contribution in [0.3, 0.4) is 0 Å². The molecule has 1 saturated heterocycles. The number of nitrogen functional groups attached to an aromatic ring is 1. The monoisotopic (exact) mass is 268 g/mol. The van der Waals surface area contributed by atoms with Gasteiger partial charge in [0.05, 0.1) is 6.04 Å². The Bertz CT molecular complexity index is 406. The number of nitrogens with two attached hydrogens (primary N) is 1. The second kappa shape index (κ2) is 3.85. The lowest BCUT2D eigenvalue weighted by atomic mass is 9.95. The first-order valence-corrected chi connectivity index (χ1v) is 5.71. The number of hydrogen-bond acceptors (Lipinski definition) is 2. The number of carbonyl (C=O) groups is 1. The van der Waals surface area contributed by atoms with Crippen molar-refractivity contribution in [2.45, 2.75) is 19.4 Å². The predicted octanol–water partition coefficient (Wildman–Crippen LogP) is 2.23. The van der Waals surface area contributed by atoms with Gasteiger partial charge in [0.25, 0.3) is 0 Å². The van der Waals surface area contributed by atoms with E-state index in [0.29, 0.717) is 12.3 Å². The molecular weight excluding hydrogens is 256 g/mol. The van der Waals surface area contributed by atoms with Gasteiger partial charge in [0.2, 0.25) is 5.91 Å². The number of hydrogen-bond donors (Lipinski definition) is 2. The minimum Gasteiger partial charge on any atom is -0.398 e. The van der Waals surface area contributed by atoms with Crippen LogP contribution >= 0.6 is 15.9 Å². The molecule has 0 unspecified atom stereocenters. The van der Waals surface area contributed by atoms with Crippen LogP contribution in [0, 0.1) is 5.92 Å². The standard InChI is InChI=1S/C11H13BrN2O/c1-6-4-10(15)14-11(6)8-5-7(12)2-3-9(8)13/h2-3,5-6,11H,4,13H2,1H3,(H,14,15)/t6-,11+/m0/s1. The molecular formula is C11H13BrN2O. The molecule has 15 heavy (non-hydrogen) atoms. The number of halogens is 1. The Hall–Kier alpha value is -1.03. The second-order valence-corrected chi connectivity index (χ2v) is 4.92. The molecule has 3 N–H and O–H groups in total. The van der Waals surface area contributed by atoms with Gasteiger partial charge < -0.3 is 11.1 Å². The van der Waals surface area contributed by atoms with Gasteiger partial charge in [-0.2, -0.15) is 0 Å². The van der Waals surface area contributed by atoms with Gasteiger partial charge in [-0.25, -0.2) is 0 Å². The highest BCUT2D eigenvalue weighted by molar-refractivity contribution is 9.10. The molecule has 0 aliphatic carbocycles. The lowest BCUT2D eigenvalue weighted by molar-refractivity contribution is -0.119. The highest BCUT2D eigenvalue weighted by atomic mass is 79.9. The molecule has 3 nitrogen and oxygen atoms in total. The Morgan fingerprint density at radius 3 is 2.87 bits per heavy atom. The van der Waals surface area contributed by atoms with Crippen molar-refractivity contribution in [1.82, 2.24) is 5.32 Å². The molecule has 0 saturated carbocycles. The largest absolute Gasteiger partial charge is 0.398 e. The normalized spacial score (nSPS) is 25.3. The van der Waals surface area contributed by atoms with E-state index in [9.17, 15) is 4.79 Å². The third-order valence-electron chi connectivity index (χ3n) is 2.78. The van der Waals surface area contributed by atoms with Crippen molar-refractivity contribution in [3.63, 3.8) is 0 Å². The number of rotatable bonds is 1. The summed E-state index contributed by atoms with van der Waals surface area (Å²) in [5.74, 6) is 0.404. The Morgan fingerprint density at radius 1 is 1.53 bits per heavy atom. The van der Waals surface area contributed by atoms with Crippen LogP contribution in [0.1, 0.15) is 24.9 Å². The van der Waals surface area contributed by atoms with E-state index in [0.717, 1.165) is 15.7 Å². The van der Waals surface area contributed by atoms with Gasteiger partial charge in [0.1, 0.15) is 0 Å². The van der Waals surface area contributed by atoms with Crippen molar-refractivity contribution in [2.75, 3.05) is 5.73 Å². The first kappa shape index (κ1) is 10.5. The molecule has 2 rings (SSSR count). The Kier molecular flexibility index (Phi) is 2.69. The summed E-state index contributed by atoms with van der Waals surface area (Å²) in [5.41, 5.74) is 7.64. The maximum absolute atomic E-state index is 11.3. The molecule has 1 amide bonds. The van der Waals surface area contributed by atoms with E-state index in [4.69, 9.17) is 5.73 Å². The molecule has 1 aliphatic heterocycles. The number of amides is 1. The first-order chi connectivity index (χ1) is 7.08. The Labute approximate surface area is 97.2 Å². The maximum atomic E-state index is 11.3. The maximum Gasteiger partial charge on any atom is 0.220 e. The molecule has 0 aromatic heterocycles. The predicted molar refractivity (Wildman–Crippen MR) is 63.2 cm³/mol. The highest BCUT2D eigenvalue weighted by Crippen LogP contribution is 2.34. The van der Waals surface area contributed by atoms with Gasteiger partial charge in [-0.1, -0.05) is 22.9 Å². The summed E-state index contributed by atoms with van der Waals surface area (Å²) < 4.78 is 0.986. The van der Waals surface area contributed by atoms with Crippen LogP contribution in [0.2, 0.25) is 0 Å². The van der Waals surface area contributed by atoms with Gasteiger partial charge in [-0.15, -0.1) is 0 Å². The molecule has 0 bridgehead atoms. The molecule has 4 heteroatoms. The average molecular weight is 269 g/mol. The number of benzene rings is 1. The van der Waals surface area contributed by atoms with Gasteiger partial charge in [0.15, 0.2) is 0 Å². The summed E-state index contributed by atoms with van der Waals surface area (Å²) in [7, 11) is 0. The molecule has 1 aliphatic rings. The van der Waals surface area contributed by atoms with Crippen LogP contribution in [0.5, 0.6) is 0 Å². The van der Waals surface area contributed by atoms with Crippen molar-refractivity contribution in [1.29, 1.82) is 0 Å². The topological polar surface area (TPSA) is 55.1 Å². The first-order valence-electron chi connectivity index (χ1n) is 4.92. The van der Waals surface area contributed by atoms with Crippen molar-refractivity contribution < 1.29 is 4.79 Å². The number of nitrogens with one attached hydrogen (secondary N) is 1. The van der Waals surface area contributed by atoms with E-state index in [1.165, 1.54) is 0 Å². The molecule has 1 aromatic carbocycles. The summed E-state index contributed by atoms with van der Waals surface area (Å²) in [6, 6.07) is 5.79. The summed E-state index contributed by atoms with van der Waals surface area (Å²) in [6.07, 6.45) is 0.580. The zero-order valence-corrected chi connectivity index (χ0v) is 10.0. The molecule has 0 spiro atoms. The average Bonchev–Trinajstić information content (AvgIpc) is 2.50. The fourth-order valence-corrected chi connectivity index (χ4v) is 2.36. The van der Waals surface area contributed by atoms with Crippen LogP contribution in [0.25, 0.3) is 0 Å². The summed E-state index contributed by atoms with van der Waals surface area (Å²) >= 11 is 3.41. The minimum atomic E-state index is 0.0509. The van der Waals surface area contributed by atoms with E-state index in [2.05, 4.69) is 28.2 Å². The third-order valence-corrected chi connectivity index (χ3v) is 3.27. The van der Waals surface area contributed by atoms with Crippen LogP contribution < -0.4 is 11.1 Å². The molecule has 1 fully saturated rings. The van der Waals surface area contributed by atoms with E-state index in [1.807, 2.05) is 18.2 Å². The third kappa shape index (κ3) is 2.00. The lowest BCUT2D eigenvalue weighted by Gasteiger charge is -2.17. The van der Waals surface area contributed by atoms with Gasteiger partial charge >= 0.3 is 0 Å². The van der Waals surface area contributed by atoms with E-state index in [-0.39, 0.29) is 11.9 Å². The quantitative estimate of drug-likeness (QED) is 0.768. The molecule has 1 aromatic rings. The van der Waals surface area contributed by atoms with E-state index < -0.39 is 0 Å². The Morgan fingerprint density at radius 2 is 2.27 bits per heavy atom. The van der Waals surface area contributed by atoms with Crippen LogP contribution in [-0.4, -0.2) is 5.91 Å². The molecule has 2 atom stereocenters. The van der Waals surface area contributed by atoms with Crippen molar-refractivity contribution in [2.24, 2.45) is 5.92 Å². The summed E-state index contributed by atoms with van der Waals surface area (Å²) in [5, 5.41) is 2.95. The summed E-state index contributed by atoms with van der Waals surface area (Å²) in [6.45, 7) is 2.06. The van der Waals surface area contributed by atoms with Crippen molar-refractivity contribution in [3.05, 3.63) is 28.2 Å². The smallest absolute Gasteiger partial charge is 0.220 e. The molecule has 0 radical (unpaired) electrons. The summed E-state index contributed by atoms with van der Waals surface area (Å²) in [4.78, 5) is 11.3. The van der Waals surface area contributed by atoms with Crippen LogP contribution in [0.4, 0.5) is 5.69 Å². The fourth-order valence-electron chi connectivity index (χ4n) is 1.98. The zero-order chi connectivity index (χ0) is 11.0. The zero-order valence-electron chi connectivity index (χ0n) is 8.46. The lowest BCUT2D eigenvalue weighted by Crippen LogP contribution is -2.21. The fraction of sp³-hybridized carbons (Fsp3) is 0.364. The minimum absolute atomic E-state index is 0.0509. The highest BCUT2D eigenvalue weighted by Gasteiger charge is 2.31.